The normalized spacial score (nSPS) is 20.2. The second kappa shape index (κ2) is 9.45. The summed E-state index contributed by atoms with van der Waals surface area (Å²) in [5.74, 6) is 0.287. The van der Waals surface area contributed by atoms with Crippen molar-refractivity contribution in [3.63, 3.8) is 0 Å². The van der Waals surface area contributed by atoms with Crippen molar-refractivity contribution >= 4 is 28.5 Å². The van der Waals surface area contributed by atoms with Crippen LogP contribution in [-0.4, -0.2) is 49.4 Å². The van der Waals surface area contributed by atoms with Gasteiger partial charge in [0.2, 0.25) is 0 Å². The van der Waals surface area contributed by atoms with E-state index in [1.807, 2.05) is 17.8 Å². The number of anilines is 1. The molecule has 0 spiro atoms. The van der Waals surface area contributed by atoms with Crippen LogP contribution in [0.5, 0.6) is 5.75 Å². The molecular formula is C21H28N5O4+. The van der Waals surface area contributed by atoms with Gasteiger partial charge in [-0.2, -0.15) is 5.10 Å². The van der Waals surface area contributed by atoms with Crippen LogP contribution < -0.4 is 15.8 Å². The van der Waals surface area contributed by atoms with E-state index in [1.165, 1.54) is 18.2 Å². The zero-order valence-corrected chi connectivity index (χ0v) is 17.0. The van der Waals surface area contributed by atoms with Gasteiger partial charge in [0.15, 0.2) is 5.75 Å². The lowest BCUT2D eigenvalue weighted by Gasteiger charge is -2.25. The maximum absolute atomic E-state index is 12.4. The van der Waals surface area contributed by atoms with Crippen LogP contribution >= 0.6 is 0 Å². The summed E-state index contributed by atoms with van der Waals surface area (Å²) in [6.45, 7) is 5.75. The van der Waals surface area contributed by atoms with Gasteiger partial charge >= 0.3 is 6.03 Å². The lowest BCUT2D eigenvalue weighted by molar-refractivity contribution is -0.696. The average molecular weight is 414 g/mol. The zero-order valence-electron chi connectivity index (χ0n) is 17.0. The van der Waals surface area contributed by atoms with Crippen LogP contribution in [0.2, 0.25) is 0 Å². The Bertz CT molecular complexity index is 987. The van der Waals surface area contributed by atoms with Crippen molar-refractivity contribution in [1.29, 1.82) is 0 Å². The highest BCUT2D eigenvalue weighted by atomic mass is 16.5. The molecule has 0 radical (unpaired) electrons. The molecule has 5 N–H and O–H groups in total. The molecule has 0 saturated heterocycles. The Kier molecular flexibility index (Phi) is 6.73. The summed E-state index contributed by atoms with van der Waals surface area (Å²) >= 11 is 0. The first kappa shape index (κ1) is 21.4. The van der Waals surface area contributed by atoms with Gasteiger partial charge in [-0.05, 0) is 43.4 Å². The van der Waals surface area contributed by atoms with Crippen LogP contribution in [0.25, 0.3) is 10.9 Å². The van der Waals surface area contributed by atoms with Gasteiger partial charge in [0, 0.05) is 23.7 Å². The first-order valence-electron chi connectivity index (χ1n) is 9.98. The molecule has 1 aliphatic rings. The number of amidine groups is 1. The third-order valence-electron chi connectivity index (χ3n) is 5.05. The number of hydrogen-bond donors (Lipinski definition) is 4. The molecule has 0 aliphatic heterocycles. The summed E-state index contributed by atoms with van der Waals surface area (Å²) in [5, 5.41) is 27.8. The van der Waals surface area contributed by atoms with Crippen LogP contribution in [0.3, 0.4) is 0 Å². The lowest BCUT2D eigenvalue weighted by atomic mass is 9.93. The summed E-state index contributed by atoms with van der Waals surface area (Å²) in [5.41, 5.74) is 6.81. The van der Waals surface area contributed by atoms with Gasteiger partial charge < -0.3 is 20.8 Å². The van der Waals surface area contributed by atoms with E-state index in [0.29, 0.717) is 22.8 Å². The van der Waals surface area contributed by atoms with E-state index in [1.54, 1.807) is 12.1 Å². The maximum atomic E-state index is 12.4. The topological polar surface area (TPSA) is 126 Å². The second-order valence-corrected chi connectivity index (χ2v) is 7.17. The molecule has 0 unspecified atom stereocenters. The Balaban J connectivity index is 1.89. The van der Waals surface area contributed by atoms with Crippen LogP contribution in [0.4, 0.5) is 10.5 Å². The van der Waals surface area contributed by atoms with Gasteiger partial charge in [0.05, 0.1) is 24.3 Å². The summed E-state index contributed by atoms with van der Waals surface area (Å²) in [4.78, 5) is 12.4. The fraction of sp³-hybridized carbons (Fsp3) is 0.381. The first-order chi connectivity index (χ1) is 14.4. The number of allylic oxidation sites excluding steroid dienone is 2. The van der Waals surface area contributed by atoms with Crippen LogP contribution in [0.15, 0.2) is 43.1 Å². The van der Waals surface area contributed by atoms with Gasteiger partial charge in [0.1, 0.15) is 5.69 Å². The van der Waals surface area contributed by atoms with Gasteiger partial charge in [-0.3, -0.25) is 4.68 Å². The first-order valence-corrected chi connectivity index (χ1v) is 9.98. The number of nitrogens with zero attached hydrogens (tertiary/aromatic N) is 3. The van der Waals surface area contributed by atoms with Crippen molar-refractivity contribution in [2.75, 3.05) is 11.9 Å². The molecule has 1 aromatic carbocycles. The highest BCUT2D eigenvalue weighted by Gasteiger charge is 2.23. The second-order valence-electron chi connectivity index (χ2n) is 7.17. The summed E-state index contributed by atoms with van der Waals surface area (Å²) in [7, 11) is 0. The Morgan fingerprint density at radius 1 is 1.43 bits per heavy atom. The SMILES string of the molecule is C=C/C=C\C(N)=[N+](\O)C(=O)Nc1cc2cn(C3CCC(O)CC3)nc2cc1OCC. The van der Waals surface area contributed by atoms with Gasteiger partial charge in [-0.15, -0.1) is 0 Å². The van der Waals surface area contributed by atoms with E-state index in [0.717, 1.165) is 36.6 Å². The van der Waals surface area contributed by atoms with Crippen LogP contribution in [-0.2, 0) is 0 Å². The third-order valence-corrected chi connectivity index (χ3v) is 5.05. The van der Waals surface area contributed by atoms with Crippen molar-refractivity contribution < 1.29 is 24.6 Å². The number of nitrogens with one attached hydrogen (secondary N) is 1. The molecule has 2 aromatic rings. The number of urea groups is 1. The van der Waals surface area contributed by atoms with E-state index in [9.17, 15) is 15.1 Å². The molecule has 1 saturated carbocycles. The molecule has 0 bridgehead atoms. The predicted octanol–water partition coefficient (Wildman–Crippen LogP) is 2.94. The molecule has 30 heavy (non-hydrogen) atoms. The summed E-state index contributed by atoms with van der Waals surface area (Å²) in [6, 6.07) is 2.92. The van der Waals surface area contributed by atoms with E-state index in [4.69, 9.17) is 10.5 Å². The minimum Gasteiger partial charge on any atom is -0.490 e. The molecule has 2 amide bonds. The number of carbonyl (C=O) groups excluding carboxylic acids is 1. The van der Waals surface area contributed by atoms with Gasteiger partial charge in [-0.25, -0.2) is 10.1 Å². The quantitative estimate of drug-likeness (QED) is 0.110. The number of ether oxygens (including phenoxy) is 1. The molecule has 9 heteroatoms. The molecule has 1 aliphatic carbocycles. The number of hydrogen-bond acceptors (Lipinski definition) is 5. The number of aromatic nitrogens is 2. The van der Waals surface area contributed by atoms with Crippen molar-refractivity contribution in [2.24, 2.45) is 5.73 Å². The number of aliphatic hydroxyl groups is 1. The van der Waals surface area contributed by atoms with Gasteiger partial charge in [-0.1, -0.05) is 18.7 Å². The summed E-state index contributed by atoms with van der Waals surface area (Å²) in [6.07, 6.45) is 9.27. The number of hydroxylamine groups is 1. The molecule has 1 aromatic heterocycles. The highest BCUT2D eigenvalue weighted by Crippen LogP contribution is 2.33. The zero-order chi connectivity index (χ0) is 21.7. The number of carbonyl (C=O) groups is 1. The molecule has 1 fully saturated rings. The fourth-order valence-electron chi connectivity index (χ4n) is 3.48. The predicted molar refractivity (Wildman–Crippen MR) is 114 cm³/mol. The molecule has 3 rings (SSSR count). The van der Waals surface area contributed by atoms with E-state index < -0.39 is 6.03 Å². The van der Waals surface area contributed by atoms with E-state index in [2.05, 4.69) is 17.0 Å². The number of aliphatic hydroxyl groups excluding tert-OH is 1. The largest absolute Gasteiger partial charge is 0.490 e. The highest BCUT2D eigenvalue weighted by molar-refractivity contribution is 5.96. The molecular weight excluding hydrogens is 386 g/mol. The molecule has 0 atom stereocenters. The van der Waals surface area contributed by atoms with Crippen molar-refractivity contribution in [2.45, 2.75) is 44.8 Å². The Morgan fingerprint density at radius 2 is 2.17 bits per heavy atom. The standard InChI is InChI=1S/C21H27N5O4/c1-3-5-6-20(22)26(29)21(28)23-18-11-14-13-25(15-7-9-16(27)10-8-15)24-17(14)12-19(18)30-4-2/h3,5-6,11-13,15-16,22,27,29H,1,4,7-10H2,2H3,(H,23,28)/p+1/b6-5-. The fourth-order valence-corrected chi connectivity index (χ4v) is 3.48. The molecule has 160 valence electrons. The number of fused-ring (bicyclic) bond motifs is 1. The number of nitrogens with two attached hydrogens (primary N) is 1. The molecule has 9 nitrogen and oxygen atoms in total. The minimum absolute atomic E-state index is 0.154. The third kappa shape index (κ3) is 4.80. The van der Waals surface area contributed by atoms with Crippen molar-refractivity contribution in [3.8, 4) is 5.75 Å². The average Bonchev–Trinajstić information content (AvgIpc) is 3.15. The van der Waals surface area contributed by atoms with Crippen LogP contribution in [0, 0.1) is 0 Å². The number of rotatable bonds is 6. The maximum Gasteiger partial charge on any atom is 0.478 e. The van der Waals surface area contributed by atoms with E-state index >= 15 is 0 Å². The lowest BCUT2D eigenvalue weighted by Crippen LogP contribution is -2.32. The Labute approximate surface area is 174 Å². The summed E-state index contributed by atoms with van der Waals surface area (Å²) < 4.78 is 7.89. The van der Waals surface area contributed by atoms with Crippen LogP contribution in [0.1, 0.15) is 38.6 Å². The van der Waals surface area contributed by atoms with E-state index in [-0.39, 0.29) is 18.0 Å². The van der Waals surface area contributed by atoms with Crippen molar-refractivity contribution in [1.82, 2.24) is 9.78 Å². The minimum atomic E-state index is -0.824. The van der Waals surface area contributed by atoms with Crippen molar-refractivity contribution in [3.05, 3.63) is 43.1 Å². The Hall–Kier alpha value is -3.33. The molecule has 1 heterocycles. The smallest absolute Gasteiger partial charge is 0.478 e. The number of benzene rings is 1. The van der Waals surface area contributed by atoms with Gasteiger partial charge in [0.25, 0.3) is 5.84 Å². The Morgan fingerprint density at radius 3 is 2.83 bits per heavy atom. The number of amides is 2. The monoisotopic (exact) mass is 414 g/mol.